The van der Waals surface area contributed by atoms with Crippen molar-refractivity contribution in [1.82, 2.24) is 0 Å². The normalized spacial score (nSPS) is 10.6. The summed E-state index contributed by atoms with van der Waals surface area (Å²) in [6, 6.07) is 7.71. The molecule has 0 heterocycles. The minimum Gasteiger partial charge on any atom is -0.399 e. The minimum atomic E-state index is 0.599. The average Bonchev–Trinajstić information content (AvgIpc) is 2.20. The lowest BCUT2D eigenvalue weighted by Crippen LogP contribution is -2.12. The Morgan fingerprint density at radius 2 is 1.93 bits per heavy atom. The van der Waals surface area contributed by atoms with Gasteiger partial charge in [-0.1, -0.05) is 13.8 Å². The molecular formula is C12H20N2O. The third-order valence-electron chi connectivity index (χ3n) is 1.94. The van der Waals surface area contributed by atoms with Crippen molar-refractivity contribution < 1.29 is 4.74 Å². The number of rotatable bonds is 6. The molecule has 0 radical (unpaired) electrons. The maximum absolute atomic E-state index is 5.58. The second-order valence-electron chi connectivity index (χ2n) is 4.02. The van der Waals surface area contributed by atoms with Gasteiger partial charge < -0.3 is 15.8 Å². The van der Waals surface area contributed by atoms with Crippen LogP contribution in [0, 0.1) is 5.92 Å². The Labute approximate surface area is 91.6 Å². The zero-order chi connectivity index (χ0) is 11.1. The van der Waals surface area contributed by atoms with E-state index in [1.54, 1.807) is 0 Å². The largest absolute Gasteiger partial charge is 0.399 e. The van der Waals surface area contributed by atoms with E-state index in [2.05, 4.69) is 19.2 Å². The van der Waals surface area contributed by atoms with Crippen LogP contribution in [0.4, 0.5) is 11.4 Å². The van der Waals surface area contributed by atoms with E-state index in [9.17, 15) is 0 Å². The summed E-state index contributed by atoms with van der Waals surface area (Å²) in [5.41, 5.74) is 7.45. The fraction of sp³-hybridized carbons (Fsp3) is 0.500. The van der Waals surface area contributed by atoms with Gasteiger partial charge in [-0.3, -0.25) is 0 Å². The summed E-state index contributed by atoms with van der Waals surface area (Å²) in [5, 5.41) is 3.27. The van der Waals surface area contributed by atoms with Crippen LogP contribution in [0.5, 0.6) is 0 Å². The van der Waals surface area contributed by atoms with Gasteiger partial charge in [-0.05, 0) is 30.2 Å². The van der Waals surface area contributed by atoms with Gasteiger partial charge in [0, 0.05) is 24.5 Å². The van der Waals surface area contributed by atoms with E-state index in [-0.39, 0.29) is 0 Å². The number of hydrogen-bond acceptors (Lipinski definition) is 3. The topological polar surface area (TPSA) is 47.3 Å². The lowest BCUT2D eigenvalue weighted by atomic mass is 10.2. The number of ether oxygens (including phenoxy) is 1. The van der Waals surface area contributed by atoms with Gasteiger partial charge in [0.1, 0.15) is 0 Å². The van der Waals surface area contributed by atoms with Crippen LogP contribution < -0.4 is 11.1 Å². The highest BCUT2D eigenvalue weighted by molar-refractivity contribution is 5.51. The lowest BCUT2D eigenvalue weighted by molar-refractivity contribution is 0.118. The Kier molecular flexibility index (Phi) is 4.98. The van der Waals surface area contributed by atoms with Crippen molar-refractivity contribution in [2.75, 3.05) is 30.8 Å². The molecule has 0 aliphatic heterocycles. The zero-order valence-electron chi connectivity index (χ0n) is 9.49. The number of nitrogen functional groups attached to an aromatic ring is 1. The van der Waals surface area contributed by atoms with Gasteiger partial charge in [-0.25, -0.2) is 0 Å². The van der Waals surface area contributed by atoms with E-state index in [0.29, 0.717) is 5.92 Å². The first-order valence-corrected chi connectivity index (χ1v) is 5.35. The first-order valence-electron chi connectivity index (χ1n) is 5.35. The molecule has 0 aromatic heterocycles. The molecule has 3 nitrogen and oxygen atoms in total. The van der Waals surface area contributed by atoms with Crippen molar-refractivity contribution in [1.29, 1.82) is 0 Å². The Balaban J connectivity index is 2.12. The fourth-order valence-corrected chi connectivity index (χ4v) is 1.19. The molecule has 0 saturated heterocycles. The molecule has 0 fully saturated rings. The molecule has 1 aromatic carbocycles. The first kappa shape index (κ1) is 11.9. The SMILES string of the molecule is CC(C)COCCNc1ccc(N)cc1. The fourth-order valence-electron chi connectivity index (χ4n) is 1.19. The summed E-state index contributed by atoms with van der Waals surface area (Å²) in [6.45, 7) is 6.68. The van der Waals surface area contributed by atoms with Crippen LogP contribution in [0.25, 0.3) is 0 Å². The molecule has 0 aliphatic carbocycles. The number of nitrogens with one attached hydrogen (secondary N) is 1. The summed E-state index contributed by atoms with van der Waals surface area (Å²) in [5.74, 6) is 0.599. The summed E-state index contributed by atoms with van der Waals surface area (Å²) in [7, 11) is 0. The summed E-state index contributed by atoms with van der Waals surface area (Å²) in [6.07, 6.45) is 0. The highest BCUT2D eigenvalue weighted by Gasteiger charge is 1.94. The maximum Gasteiger partial charge on any atom is 0.0639 e. The third-order valence-corrected chi connectivity index (χ3v) is 1.94. The van der Waals surface area contributed by atoms with E-state index < -0.39 is 0 Å². The molecule has 0 aliphatic rings. The molecule has 1 rings (SSSR count). The molecule has 3 heteroatoms. The molecular weight excluding hydrogens is 188 g/mol. The van der Waals surface area contributed by atoms with Crippen molar-refractivity contribution in [3.8, 4) is 0 Å². The molecule has 84 valence electrons. The second kappa shape index (κ2) is 6.30. The Bertz CT molecular complexity index is 269. The van der Waals surface area contributed by atoms with Crippen molar-refractivity contribution in [2.24, 2.45) is 5.92 Å². The third kappa shape index (κ3) is 5.27. The molecule has 0 bridgehead atoms. The van der Waals surface area contributed by atoms with E-state index >= 15 is 0 Å². The highest BCUT2D eigenvalue weighted by Crippen LogP contribution is 2.09. The number of benzene rings is 1. The molecule has 0 spiro atoms. The predicted octanol–water partition coefficient (Wildman–Crippen LogP) is 2.35. The van der Waals surface area contributed by atoms with Crippen LogP contribution in [0.15, 0.2) is 24.3 Å². The van der Waals surface area contributed by atoms with Crippen LogP contribution >= 0.6 is 0 Å². The van der Waals surface area contributed by atoms with Gasteiger partial charge in [0.05, 0.1) is 6.61 Å². The minimum absolute atomic E-state index is 0.599. The molecule has 15 heavy (non-hydrogen) atoms. The van der Waals surface area contributed by atoms with Gasteiger partial charge in [-0.15, -0.1) is 0 Å². The predicted molar refractivity (Wildman–Crippen MR) is 65.0 cm³/mol. The number of anilines is 2. The Hall–Kier alpha value is -1.22. The standard InChI is InChI=1S/C12H20N2O/c1-10(2)9-15-8-7-14-12-5-3-11(13)4-6-12/h3-6,10,14H,7-9,13H2,1-2H3. The van der Waals surface area contributed by atoms with Crippen molar-refractivity contribution in [2.45, 2.75) is 13.8 Å². The Morgan fingerprint density at radius 3 is 2.53 bits per heavy atom. The molecule has 0 unspecified atom stereocenters. The molecule has 3 N–H and O–H groups in total. The first-order chi connectivity index (χ1) is 7.18. The zero-order valence-corrected chi connectivity index (χ0v) is 9.49. The lowest BCUT2D eigenvalue weighted by Gasteiger charge is -2.08. The molecule has 0 amide bonds. The highest BCUT2D eigenvalue weighted by atomic mass is 16.5. The van der Waals surface area contributed by atoms with E-state index in [1.807, 2.05) is 24.3 Å². The smallest absolute Gasteiger partial charge is 0.0639 e. The van der Waals surface area contributed by atoms with Gasteiger partial charge in [0.15, 0.2) is 0 Å². The molecule has 0 saturated carbocycles. The van der Waals surface area contributed by atoms with Crippen LogP contribution in [-0.4, -0.2) is 19.8 Å². The summed E-state index contributed by atoms with van der Waals surface area (Å²) >= 11 is 0. The Morgan fingerprint density at radius 1 is 1.27 bits per heavy atom. The van der Waals surface area contributed by atoms with Crippen molar-refractivity contribution in [3.63, 3.8) is 0 Å². The van der Waals surface area contributed by atoms with E-state index in [0.717, 1.165) is 31.1 Å². The van der Waals surface area contributed by atoms with Crippen LogP contribution in [0.3, 0.4) is 0 Å². The van der Waals surface area contributed by atoms with Crippen molar-refractivity contribution >= 4 is 11.4 Å². The van der Waals surface area contributed by atoms with Crippen LogP contribution in [0.2, 0.25) is 0 Å². The van der Waals surface area contributed by atoms with Gasteiger partial charge in [-0.2, -0.15) is 0 Å². The van der Waals surface area contributed by atoms with Crippen LogP contribution in [-0.2, 0) is 4.74 Å². The summed E-state index contributed by atoms with van der Waals surface area (Å²) in [4.78, 5) is 0. The van der Waals surface area contributed by atoms with Gasteiger partial charge in [0.25, 0.3) is 0 Å². The number of hydrogen-bond donors (Lipinski definition) is 2. The van der Waals surface area contributed by atoms with Crippen molar-refractivity contribution in [3.05, 3.63) is 24.3 Å². The molecule has 0 atom stereocenters. The monoisotopic (exact) mass is 208 g/mol. The van der Waals surface area contributed by atoms with E-state index in [1.165, 1.54) is 0 Å². The quantitative estimate of drug-likeness (QED) is 0.557. The number of nitrogens with two attached hydrogens (primary N) is 1. The second-order valence-corrected chi connectivity index (χ2v) is 4.02. The van der Waals surface area contributed by atoms with Gasteiger partial charge in [0.2, 0.25) is 0 Å². The van der Waals surface area contributed by atoms with Crippen LogP contribution in [0.1, 0.15) is 13.8 Å². The maximum atomic E-state index is 5.58. The molecule has 1 aromatic rings. The summed E-state index contributed by atoms with van der Waals surface area (Å²) < 4.78 is 5.45. The average molecular weight is 208 g/mol. The van der Waals surface area contributed by atoms with Gasteiger partial charge >= 0.3 is 0 Å². The van der Waals surface area contributed by atoms with E-state index in [4.69, 9.17) is 10.5 Å².